The summed E-state index contributed by atoms with van der Waals surface area (Å²) in [6.07, 6.45) is 2.71. The minimum Gasteiger partial charge on any atom is -0.353 e. The van der Waals surface area contributed by atoms with Gasteiger partial charge in [0.1, 0.15) is 5.82 Å². The highest BCUT2D eigenvalue weighted by Crippen LogP contribution is 2.34. The zero-order valence-electron chi connectivity index (χ0n) is 12.1. The quantitative estimate of drug-likeness (QED) is 0.748. The minimum atomic E-state index is 0.456. The Morgan fingerprint density at radius 3 is 2.70 bits per heavy atom. The molecule has 106 valence electrons. The highest BCUT2D eigenvalue weighted by atomic mass is 35.5. The summed E-state index contributed by atoms with van der Waals surface area (Å²) >= 11 is 6.02. The van der Waals surface area contributed by atoms with Crippen molar-refractivity contribution in [2.24, 2.45) is 5.92 Å². The number of nitrogens with zero attached hydrogens (tertiary/aromatic N) is 2. The van der Waals surface area contributed by atoms with E-state index >= 15 is 0 Å². The van der Waals surface area contributed by atoms with Crippen LogP contribution in [0.5, 0.6) is 0 Å². The van der Waals surface area contributed by atoms with Gasteiger partial charge >= 0.3 is 0 Å². The number of fused-ring (bicyclic) bond motifs is 1. The maximum atomic E-state index is 6.02. The lowest BCUT2D eigenvalue weighted by molar-refractivity contribution is 0.638. The summed E-state index contributed by atoms with van der Waals surface area (Å²) in [5.41, 5.74) is 0.960. The summed E-state index contributed by atoms with van der Waals surface area (Å²) in [5.74, 6) is 2.41. The van der Waals surface area contributed by atoms with Crippen LogP contribution in [0.25, 0.3) is 10.8 Å². The van der Waals surface area contributed by atoms with Crippen molar-refractivity contribution in [2.75, 3.05) is 11.4 Å². The number of alkyl halides is 1. The summed E-state index contributed by atoms with van der Waals surface area (Å²) in [4.78, 5) is 7.26. The van der Waals surface area contributed by atoms with Crippen LogP contribution in [-0.4, -0.2) is 17.6 Å². The van der Waals surface area contributed by atoms with E-state index in [2.05, 4.69) is 49.1 Å². The van der Waals surface area contributed by atoms with Gasteiger partial charge in [-0.2, -0.15) is 0 Å². The van der Waals surface area contributed by atoms with E-state index in [-0.39, 0.29) is 0 Å². The molecule has 1 aliphatic rings. The van der Waals surface area contributed by atoms with E-state index in [0.29, 0.717) is 11.9 Å². The van der Waals surface area contributed by atoms with Crippen molar-refractivity contribution in [3.8, 4) is 0 Å². The SMILES string of the molecule is CC(C)N(CC1CC1)c1nc(CCl)cc2ccccc12. The number of anilines is 1. The second kappa shape index (κ2) is 5.61. The lowest BCUT2D eigenvalue weighted by Crippen LogP contribution is -2.33. The van der Waals surface area contributed by atoms with Gasteiger partial charge in [-0.1, -0.05) is 24.3 Å². The topological polar surface area (TPSA) is 16.1 Å². The molecule has 3 heteroatoms. The van der Waals surface area contributed by atoms with Crippen LogP contribution in [0.15, 0.2) is 30.3 Å². The number of benzene rings is 1. The molecule has 1 aliphatic carbocycles. The molecule has 1 fully saturated rings. The Bertz CT molecular complexity index is 605. The molecular formula is C17H21ClN2. The lowest BCUT2D eigenvalue weighted by Gasteiger charge is -2.29. The largest absolute Gasteiger partial charge is 0.353 e. The summed E-state index contributed by atoms with van der Waals surface area (Å²) < 4.78 is 0. The van der Waals surface area contributed by atoms with E-state index in [0.717, 1.165) is 24.0 Å². The number of rotatable bonds is 5. The first-order valence-corrected chi connectivity index (χ1v) is 7.93. The number of pyridine rings is 1. The molecule has 1 aromatic carbocycles. The molecule has 2 nitrogen and oxygen atoms in total. The summed E-state index contributed by atoms with van der Waals surface area (Å²) in [5, 5.41) is 2.46. The maximum Gasteiger partial charge on any atom is 0.137 e. The monoisotopic (exact) mass is 288 g/mol. The minimum absolute atomic E-state index is 0.456. The van der Waals surface area contributed by atoms with Gasteiger partial charge in [0.05, 0.1) is 11.6 Å². The molecule has 2 aromatic rings. The van der Waals surface area contributed by atoms with Gasteiger partial charge in [0.25, 0.3) is 0 Å². The van der Waals surface area contributed by atoms with Crippen LogP contribution >= 0.6 is 11.6 Å². The smallest absolute Gasteiger partial charge is 0.137 e. The Morgan fingerprint density at radius 2 is 2.05 bits per heavy atom. The van der Waals surface area contributed by atoms with Crippen LogP contribution < -0.4 is 4.90 Å². The molecule has 3 rings (SSSR count). The van der Waals surface area contributed by atoms with E-state index < -0.39 is 0 Å². The fraction of sp³-hybridized carbons (Fsp3) is 0.471. The van der Waals surface area contributed by atoms with Crippen LogP contribution in [0.3, 0.4) is 0 Å². The first-order valence-electron chi connectivity index (χ1n) is 7.40. The summed E-state index contributed by atoms with van der Waals surface area (Å²) in [6, 6.07) is 11.0. The lowest BCUT2D eigenvalue weighted by atomic mass is 10.1. The van der Waals surface area contributed by atoms with Crippen LogP contribution in [0, 0.1) is 5.92 Å². The Hall–Kier alpha value is -1.28. The van der Waals surface area contributed by atoms with Gasteiger partial charge in [-0.15, -0.1) is 11.6 Å². The van der Waals surface area contributed by atoms with Gasteiger partial charge in [0, 0.05) is 18.0 Å². The number of hydrogen-bond donors (Lipinski definition) is 0. The van der Waals surface area contributed by atoms with Crippen molar-refractivity contribution in [3.63, 3.8) is 0 Å². The highest BCUT2D eigenvalue weighted by molar-refractivity contribution is 6.17. The van der Waals surface area contributed by atoms with Gasteiger partial charge in [-0.05, 0) is 44.1 Å². The molecule has 1 heterocycles. The van der Waals surface area contributed by atoms with Crippen LogP contribution in [0.1, 0.15) is 32.4 Å². The molecular weight excluding hydrogens is 268 g/mol. The molecule has 0 bridgehead atoms. The molecule has 0 unspecified atom stereocenters. The molecule has 0 amide bonds. The summed E-state index contributed by atoms with van der Waals surface area (Å²) in [7, 11) is 0. The number of halogens is 1. The van der Waals surface area contributed by atoms with Crippen LogP contribution in [0.4, 0.5) is 5.82 Å². The average Bonchev–Trinajstić information content (AvgIpc) is 3.27. The molecule has 0 spiro atoms. The normalized spacial score (nSPS) is 15.0. The van der Waals surface area contributed by atoms with E-state index in [1.807, 2.05) is 0 Å². The van der Waals surface area contributed by atoms with E-state index in [4.69, 9.17) is 16.6 Å². The fourth-order valence-corrected chi connectivity index (χ4v) is 2.78. The second-order valence-electron chi connectivity index (χ2n) is 5.98. The first kappa shape index (κ1) is 13.7. The molecule has 1 aromatic heterocycles. The molecule has 0 saturated heterocycles. The van der Waals surface area contributed by atoms with Crippen molar-refractivity contribution in [1.82, 2.24) is 4.98 Å². The summed E-state index contributed by atoms with van der Waals surface area (Å²) in [6.45, 7) is 5.60. The molecule has 1 saturated carbocycles. The highest BCUT2D eigenvalue weighted by Gasteiger charge is 2.27. The predicted octanol–water partition coefficient (Wildman–Crippen LogP) is 4.60. The maximum absolute atomic E-state index is 6.02. The third kappa shape index (κ3) is 2.76. The Morgan fingerprint density at radius 1 is 1.30 bits per heavy atom. The fourth-order valence-electron chi connectivity index (χ4n) is 2.64. The predicted molar refractivity (Wildman–Crippen MR) is 86.5 cm³/mol. The van der Waals surface area contributed by atoms with Gasteiger partial charge in [-0.3, -0.25) is 0 Å². The second-order valence-corrected chi connectivity index (χ2v) is 6.25. The van der Waals surface area contributed by atoms with Gasteiger partial charge in [0.2, 0.25) is 0 Å². The van der Waals surface area contributed by atoms with Crippen molar-refractivity contribution in [2.45, 2.75) is 38.6 Å². The Kier molecular flexibility index (Phi) is 3.84. The molecule has 0 radical (unpaired) electrons. The van der Waals surface area contributed by atoms with Crippen LogP contribution in [-0.2, 0) is 5.88 Å². The Balaban J connectivity index is 2.10. The first-order chi connectivity index (χ1) is 9.69. The van der Waals surface area contributed by atoms with Gasteiger partial charge in [-0.25, -0.2) is 4.98 Å². The van der Waals surface area contributed by atoms with Crippen molar-refractivity contribution in [3.05, 3.63) is 36.0 Å². The van der Waals surface area contributed by atoms with E-state index in [9.17, 15) is 0 Å². The van der Waals surface area contributed by atoms with Crippen molar-refractivity contribution in [1.29, 1.82) is 0 Å². The number of aromatic nitrogens is 1. The van der Waals surface area contributed by atoms with E-state index in [1.54, 1.807) is 0 Å². The van der Waals surface area contributed by atoms with Gasteiger partial charge < -0.3 is 4.90 Å². The molecule has 0 aliphatic heterocycles. The van der Waals surface area contributed by atoms with E-state index in [1.165, 1.54) is 23.6 Å². The number of hydrogen-bond acceptors (Lipinski definition) is 2. The van der Waals surface area contributed by atoms with Crippen molar-refractivity contribution >= 4 is 28.2 Å². The third-order valence-corrected chi connectivity index (χ3v) is 4.23. The van der Waals surface area contributed by atoms with Gasteiger partial charge in [0.15, 0.2) is 0 Å². The molecule has 20 heavy (non-hydrogen) atoms. The molecule has 0 atom stereocenters. The Labute approximate surface area is 125 Å². The molecule has 0 N–H and O–H groups in total. The standard InChI is InChI=1S/C17H21ClN2/c1-12(2)20(11-13-7-8-13)17-16-6-4-3-5-14(16)9-15(10-18)19-17/h3-6,9,12-13H,7-8,10-11H2,1-2H3. The van der Waals surface area contributed by atoms with Crippen molar-refractivity contribution < 1.29 is 0 Å². The average molecular weight is 289 g/mol. The third-order valence-electron chi connectivity index (χ3n) is 3.96. The zero-order chi connectivity index (χ0) is 14.1. The zero-order valence-corrected chi connectivity index (χ0v) is 12.9. The van der Waals surface area contributed by atoms with Crippen LogP contribution in [0.2, 0.25) is 0 Å².